The van der Waals surface area contributed by atoms with Crippen LogP contribution >= 0.6 is 23.4 Å². The molecule has 96 valence electrons. The summed E-state index contributed by atoms with van der Waals surface area (Å²) in [4.78, 5) is 1.19. The van der Waals surface area contributed by atoms with E-state index in [-0.39, 0.29) is 0 Å². The molecule has 0 atom stereocenters. The molecule has 0 spiro atoms. The molecule has 3 nitrogen and oxygen atoms in total. The Morgan fingerprint density at radius 1 is 1.39 bits per heavy atom. The van der Waals surface area contributed by atoms with Gasteiger partial charge in [-0.25, -0.2) is 0 Å². The van der Waals surface area contributed by atoms with Crippen LogP contribution in [-0.2, 0) is 12.8 Å². The van der Waals surface area contributed by atoms with Crippen molar-refractivity contribution in [1.29, 1.82) is 0 Å². The third kappa shape index (κ3) is 2.65. The van der Waals surface area contributed by atoms with E-state index in [2.05, 4.69) is 12.0 Å². The Morgan fingerprint density at radius 3 is 2.72 bits per heavy atom. The lowest BCUT2D eigenvalue weighted by molar-refractivity contribution is 0.757. The van der Waals surface area contributed by atoms with Crippen LogP contribution in [0, 0.1) is 13.8 Å². The first-order chi connectivity index (χ1) is 8.49. The van der Waals surface area contributed by atoms with E-state index >= 15 is 0 Å². The van der Waals surface area contributed by atoms with Crippen LogP contribution in [0.1, 0.15) is 16.8 Å². The minimum Gasteiger partial charge on any atom is -0.399 e. The minimum absolute atomic E-state index is 0.710. The van der Waals surface area contributed by atoms with Gasteiger partial charge in [-0.1, -0.05) is 17.7 Å². The summed E-state index contributed by atoms with van der Waals surface area (Å²) in [6.45, 7) is 4.06. The van der Waals surface area contributed by atoms with E-state index in [4.69, 9.17) is 17.3 Å². The fourth-order valence-electron chi connectivity index (χ4n) is 1.76. The molecule has 0 radical (unpaired) electrons. The maximum absolute atomic E-state index is 6.21. The van der Waals surface area contributed by atoms with E-state index < -0.39 is 0 Å². The second-order valence-corrected chi connectivity index (χ2v) is 5.67. The number of anilines is 1. The molecule has 0 amide bonds. The van der Waals surface area contributed by atoms with Gasteiger partial charge in [-0.15, -0.1) is 11.8 Å². The highest BCUT2D eigenvalue weighted by Crippen LogP contribution is 2.31. The molecule has 18 heavy (non-hydrogen) atoms. The fourth-order valence-corrected chi connectivity index (χ4v) is 3.24. The van der Waals surface area contributed by atoms with Crippen LogP contribution in [-0.4, -0.2) is 9.78 Å². The first kappa shape index (κ1) is 13.3. The smallest absolute Gasteiger partial charge is 0.131 e. The normalized spacial score (nSPS) is 10.9. The largest absolute Gasteiger partial charge is 0.399 e. The average molecular weight is 282 g/mol. The molecule has 0 aliphatic heterocycles. The van der Waals surface area contributed by atoms with Crippen LogP contribution in [0.25, 0.3) is 0 Å². The van der Waals surface area contributed by atoms with Gasteiger partial charge in [0.25, 0.3) is 0 Å². The van der Waals surface area contributed by atoms with Crippen molar-refractivity contribution in [3.05, 3.63) is 40.2 Å². The van der Waals surface area contributed by atoms with Crippen LogP contribution in [0.5, 0.6) is 0 Å². The lowest BCUT2D eigenvalue weighted by Crippen LogP contribution is -1.90. The molecule has 5 heteroatoms. The summed E-state index contributed by atoms with van der Waals surface area (Å²) in [6.07, 6.45) is 0. The fraction of sp³-hybridized carbons (Fsp3) is 0.308. The van der Waals surface area contributed by atoms with Crippen molar-refractivity contribution in [2.75, 3.05) is 5.73 Å². The van der Waals surface area contributed by atoms with Gasteiger partial charge in [-0.3, -0.25) is 4.68 Å². The molecule has 1 aromatic heterocycles. The number of hydrogen-bond acceptors (Lipinski definition) is 3. The van der Waals surface area contributed by atoms with Gasteiger partial charge in [-0.2, -0.15) is 5.10 Å². The lowest BCUT2D eigenvalue weighted by Gasteiger charge is -2.06. The molecule has 0 aliphatic rings. The van der Waals surface area contributed by atoms with Crippen LogP contribution in [0.3, 0.4) is 0 Å². The van der Waals surface area contributed by atoms with Gasteiger partial charge in [0.1, 0.15) is 5.15 Å². The number of nitrogens with two attached hydrogens (primary N) is 1. The second kappa shape index (κ2) is 5.24. The Kier molecular flexibility index (Phi) is 3.88. The third-order valence-corrected chi connectivity index (χ3v) is 4.51. The molecule has 2 N–H and O–H groups in total. The highest BCUT2D eigenvalue weighted by Gasteiger charge is 2.12. The van der Waals surface area contributed by atoms with E-state index in [1.807, 2.05) is 32.2 Å². The summed E-state index contributed by atoms with van der Waals surface area (Å²) in [5, 5.41) is 5.02. The number of aromatic nitrogens is 2. The number of nitrogens with zero attached hydrogens (tertiary/aromatic N) is 2. The SMILES string of the molecule is Cc1ccc(N)cc1SCc1c(C)nn(C)c1Cl. The van der Waals surface area contributed by atoms with Gasteiger partial charge >= 0.3 is 0 Å². The predicted molar refractivity (Wildman–Crippen MR) is 78.1 cm³/mol. The standard InChI is InChI=1S/C13H16ClN3S/c1-8-4-5-10(15)6-12(8)18-7-11-9(2)16-17(3)13(11)14/h4-6H,7,15H2,1-3H3. The molecule has 0 unspecified atom stereocenters. The van der Waals surface area contributed by atoms with E-state index in [1.165, 1.54) is 10.5 Å². The van der Waals surface area contributed by atoms with Crippen LogP contribution in [0.4, 0.5) is 5.69 Å². The summed E-state index contributed by atoms with van der Waals surface area (Å²) in [5.41, 5.74) is 9.89. The van der Waals surface area contributed by atoms with Gasteiger partial charge in [-0.05, 0) is 31.5 Å². The summed E-state index contributed by atoms with van der Waals surface area (Å²) in [5.74, 6) is 0.808. The van der Waals surface area contributed by atoms with E-state index in [0.29, 0.717) is 5.15 Å². The van der Waals surface area contributed by atoms with Crippen molar-refractivity contribution in [2.24, 2.45) is 7.05 Å². The molecule has 2 rings (SSSR count). The van der Waals surface area contributed by atoms with Crippen molar-refractivity contribution in [3.8, 4) is 0 Å². The zero-order chi connectivity index (χ0) is 13.3. The minimum atomic E-state index is 0.710. The maximum Gasteiger partial charge on any atom is 0.131 e. The first-order valence-electron chi connectivity index (χ1n) is 5.66. The number of aryl methyl sites for hydroxylation is 3. The maximum atomic E-state index is 6.21. The Bertz CT molecular complexity index is 578. The number of benzene rings is 1. The van der Waals surface area contributed by atoms with Crippen molar-refractivity contribution < 1.29 is 0 Å². The Hall–Kier alpha value is -1.13. The highest BCUT2D eigenvalue weighted by atomic mass is 35.5. The Morgan fingerprint density at radius 2 is 2.11 bits per heavy atom. The Balaban J connectivity index is 2.19. The van der Waals surface area contributed by atoms with Crippen LogP contribution < -0.4 is 5.73 Å². The molecular formula is C13H16ClN3S. The van der Waals surface area contributed by atoms with E-state index in [9.17, 15) is 0 Å². The zero-order valence-corrected chi connectivity index (χ0v) is 12.3. The molecular weight excluding hydrogens is 266 g/mol. The third-order valence-electron chi connectivity index (χ3n) is 2.85. The molecule has 0 bridgehead atoms. The second-order valence-electron chi connectivity index (χ2n) is 4.29. The van der Waals surface area contributed by atoms with Crippen LogP contribution in [0.2, 0.25) is 5.15 Å². The summed E-state index contributed by atoms with van der Waals surface area (Å²) >= 11 is 7.95. The highest BCUT2D eigenvalue weighted by molar-refractivity contribution is 7.98. The lowest BCUT2D eigenvalue weighted by atomic mass is 10.2. The Labute approximate surface area is 116 Å². The molecule has 0 fully saturated rings. The van der Waals surface area contributed by atoms with Gasteiger partial charge in [0, 0.05) is 28.9 Å². The van der Waals surface area contributed by atoms with Gasteiger partial charge in [0.05, 0.1) is 5.69 Å². The van der Waals surface area contributed by atoms with Crippen molar-refractivity contribution in [1.82, 2.24) is 9.78 Å². The molecule has 2 aromatic rings. The monoisotopic (exact) mass is 281 g/mol. The molecule has 1 heterocycles. The topological polar surface area (TPSA) is 43.8 Å². The summed E-state index contributed by atoms with van der Waals surface area (Å²) < 4.78 is 1.71. The van der Waals surface area contributed by atoms with Crippen LogP contribution in [0.15, 0.2) is 23.1 Å². The van der Waals surface area contributed by atoms with Gasteiger partial charge < -0.3 is 5.73 Å². The molecule has 0 saturated carbocycles. The average Bonchev–Trinajstić information content (AvgIpc) is 2.55. The molecule has 1 aromatic carbocycles. The van der Waals surface area contributed by atoms with Crippen molar-refractivity contribution in [3.63, 3.8) is 0 Å². The predicted octanol–water partition coefficient (Wildman–Crippen LogP) is 3.56. The van der Waals surface area contributed by atoms with Gasteiger partial charge in [0.2, 0.25) is 0 Å². The number of thioether (sulfide) groups is 1. The number of rotatable bonds is 3. The summed E-state index contributed by atoms with van der Waals surface area (Å²) in [6, 6.07) is 5.96. The van der Waals surface area contributed by atoms with Crippen molar-refractivity contribution >= 4 is 29.1 Å². The zero-order valence-electron chi connectivity index (χ0n) is 10.7. The van der Waals surface area contributed by atoms with Gasteiger partial charge in [0.15, 0.2) is 0 Å². The number of halogens is 1. The van der Waals surface area contributed by atoms with E-state index in [0.717, 1.165) is 22.7 Å². The van der Waals surface area contributed by atoms with E-state index in [1.54, 1.807) is 16.4 Å². The number of hydrogen-bond donors (Lipinski definition) is 1. The molecule has 0 saturated heterocycles. The molecule has 0 aliphatic carbocycles. The quantitative estimate of drug-likeness (QED) is 0.691. The number of nitrogen functional groups attached to an aromatic ring is 1. The first-order valence-corrected chi connectivity index (χ1v) is 7.02. The summed E-state index contributed by atoms with van der Waals surface area (Å²) in [7, 11) is 1.86. The van der Waals surface area contributed by atoms with Crippen molar-refractivity contribution in [2.45, 2.75) is 24.5 Å².